The topological polar surface area (TPSA) is 59.5 Å². The molecule has 2 rings (SSSR count). The number of hydrogen-bond acceptors (Lipinski definition) is 3. The molecule has 0 unspecified atom stereocenters. The maximum atomic E-state index is 8.07. The summed E-state index contributed by atoms with van der Waals surface area (Å²) in [7, 11) is 1.91. The van der Waals surface area contributed by atoms with Gasteiger partial charge >= 0.3 is 0 Å². The SMILES string of the molecule is CC(C)=CCC/C(C)=C/CC/C(C)=C/CC/C(C)=C/Cn1cnc2c1c(=N)ncn2C. The van der Waals surface area contributed by atoms with Gasteiger partial charge in [0.2, 0.25) is 0 Å². The third-order valence-electron chi connectivity index (χ3n) is 5.53. The fourth-order valence-corrected chi connectivity index (χ4v) is 3.51. The van der Waals surface area contributed by atoms with Gasteiger partial charge in [0.05, 0.1) is 12.7 Å². The highest BCUT2D eigenvalue weighted by Crippen LogP contribution is 2.14. The molecule has 2 aromatic rings. The van der Waals surface area contributed by atoms with Gasteiger partial charge in [0.1, 0.15) is 5.52 Å². The van der Waals surface area contributed by atoms with E-state index in [0.717, 1.165) is 49.8 Å². The van der Waals surface area contributed by atoms with E-state index in [4.69, 9.17) is 5.41 Å². The summed E-state index contributed by atoms with van der Waals surface area (Å²) in [5.74, 6) is 0. The van der Waals surface area contributed by atoms with Crippen LogP contribution in [0.2, 0.25) is 0 Å². The fourth-order valence-electron chi connectivity index (χ4n) is 3.51. The van der Waals surface area contributed by atoms with E-state index in [1.54, 1.807) is 12.7 Å². The van der Waals surface area contributed by atoms with Gasteiger partial charge in [-0.3, -0.25) is 5.41 Å². The van der Waals surface area contributed by atoms with Gasteiger partial charge in [0, 0.05) is 13.6 Å². The molecule has 5 heteroatoms. The number of allylic oxidation sites excluding steroid dienone is 8. The molecule has 0 radical (unpaired) electrons. The van der Waals surface area contributed by atoms with Crippen molar-refractivity contribution in [1.82, 2.24) is 19.1 Å². The lowest BCUT2D eigenvalue weighted by atomic mass is 10.0. The quantitative estimate of drug-likeness (QED) is 0.427. The van der Waals surface area contributed by atoms with Crippen molar-refractivity contribution in [3.63, 3.8) is 0 Å². The number of imidazole rings is 1. The van der Waals surface area contributed by atoms with Crippen molar-refractivity contribution in [2.75, 3.05) is 0 Å². The number of aryl methyl sites for hydroxylation is 1. The van der Waals surface area contributed by atoms with Crippen LogP contribution in [0.5, 0.6) is 0 Å². The van der Waals surface area contributed by atoms with Crippen LogP contribution in [0.1, 0.15) is 73.1 Å². The molecule has 168 valence electrons. The summed E-state index contributed by atoms with van der Waals surface area (Å²) in [6.07, 6.45) is 19.5. The van der Waals surface area contributed by atoms with E-state index < -0.39 is 0 Å². The van der Waals surface area contributed by atoms with Gasteiger partial charge in [-0.2, -0.15) is 0 Å². The third kappa shape index (κ3) is 8.16. The smallest absolute Gasteiger partial charge is 0.174 e. The van der Waals surface area contributed by atoms with Gasteiger partial charge in [-0.25, -0.2) is 9.97 Å². The highest BCUT2D eigenvalue weighted by atomic mass is 15.1. The molecule has 1 N–H and O–H groups in total. The van der Waals surface area contributed by atoms with E-state index >= 15 is 0 Å². The van der Waals surface area contributed by atoms with Crippen molar-refractivity contribution >= 4 is 11.2 Å². The Morgan fingerprint density at radius 1 is 0.806 bits per heavy atom. The van der Waals surface area contributed by atoms with Gasteiger partial charge < -0.3 is 9.13 Å². The normalized spacial score (nSPS) is 13.2. The summed E-state index contributed by atoms with van der Waals surface area (Å²) < 4.78 is 3.86. The van der Waals surface area contributed by atoms with Crippen LogP contribution < -0.4 is 5.49 Å². The van der Waals surface area contributed by atoms with Crippen molar-refractivity contribution in [3.05, 3.63) is 64.7 Å². The maximum Gasteiger partial charge on any atom is 0.174 e. The molecule has 0 fully saturated rings. The van der Waals surface area contributed by atoms with E-state index in [1.807, 2.05) is 16.2 Å². The minimum absolute atomic E-state index is 0.274. The van der Waals surface area contributed by atoms with Crippen LogP contribution >= 0.6 is 0 Å². The van der Waals surface area contributed by atoms with Gasteiger partial charge in [-0.1, -0.05) is 46.6 Å². The van der Waals surface area contributed by atoms with E-state index in [0.29, 0.717) is 0 Å². The van der Waals surface area contributed by atoms with Crippen LogP contribution in [0.15, 0.2) is 59.3 Å². The number of aromatic nitrogens is 4. The van der Waals surface area contributed by atoms with Crippen molar-refractivity contribution in [1.29, 1.82) is 5.41 Å². The van der Waals surface area contributed by atoms with Crippen LogP contribution in [0.4, 0.5) is 0 Å². The Kier molecular flexibility index (Phi) is 9.70. The molecule has 0 spiro atoms. The lowest BCUT2D eigenvalue weighted by molar-refractivity contribution is 0.815. The van der Waals surface area contributed by atoms with Gasteiger partial charge in [-0.05, 0) is 73.1 Å². The van der Waals surface area contributed by atoms with E-state index in [1.165, 1.54) is 28.7 Å². The lowest BCUT2D eigenvalue weighted by Gasteiger charge is -2.04. The molecule has 0 saturated heterocycles. The maximum absolute atomic E-state index is 8.07. The summed E-state index contributed by atoms with van der Waals surface area (Å²) in [6, 6.07) is 0. The number of fused-ring (bicyclic) bond motifs is 1. The lowest BCUT2D eigenvalue weighted by Crippen LogP contribution is -2.13. The van der Waals surface area contributed by atoms with Crippen LogP contribution in [0.3, 0.4) is 0 Å². The summed E-state index contributed by atoms with van der Waals surface area (Å²) in [6.45, 7) is 11.7. The number of hydrogen-bond donors (Lipinski definition) is 1. The van der Waals surface area contributed by atoms with Crippen molar-refractivity contribution < 1.29 is 0 Å². The fraction of sp³-hybridized carbons (Fsp3) is 0.500. The van der Waals surface area contributed by atoms with Crippen LogP contribution in [0, 0.1) is 5.41 Å². The Hall–Kier alpha value is -2.69. The molecule has 0 amide bonds. The molecule has 5 nitrogen and oxygen atoms in total. The molecular formula is C26H39N5. The van der Waals surface area contributed by atoms with Gasteiger partial charge in [0.25, 0.3) is 0 Å². The predicted octanol–water partition coefficient (Wildman–Crippen LogP) is 6.39. The molecular weight excluding hydrogens is 382 g/mol. The number of rotatable bonds is 11. The first-order valence-electron chi connectivity index (χ1n) is 11.3. The summed E-state index contributed by atoms with van der Waals surface area (Å²) in [5.41, 5.74) is 7.59. The minimum atomic E-state index is 0.274. The van der Waals surface area contributed by atoms with Gasteiger partial charge in [0.15, 0.2) is 11.1 Å². The summed E-state index contributed by atoms with van der Waals surface area (Å²) in [4.78, 5) is 8.55. The van der Waals surface area contributed by atoms with Crippen molar-refractivity contribution in [2.24, 2.45) is 7.05 Å². The zero-order valence-corrected chi connectivity index (χ0v) is 20.2. The second-order valence-electron chi connectivity index (χ2n) is 8.82. The summed E-state index contributed by atoms with van der Waals surface area (Å²) >= 11 is 0. The second kappa shape index (κ2) is 12.2. The number of nitrogens with one attached hydrogen (secondary N) is 1. The monoisotopic (exact) mass is 421 g/mol. The molecule has 0 saturated carbocycles. The van der Waals surface area contributed by atoms with E-state index in [9.17, 15) is 0 Å². The van der Waals surface area contributed by atoms with E-state index in [2.05, 4.69) is 68.9 Å². The molecule has 0 aliphatic carbocycles. The second-order valence-corrected chi connectivity index (χ2v) is 8.82. The molecule has 0 atom stereocenters. The van der Waals surface area contributed by atoms with Crippen LogP contribution in [-0.2, 0) is 13.6 Å². The largest absolute Gasteiger partial charge is 0.322 e. The third-order valence-corrected chi connectivity index (χ3v) is 5.53. The van der Waals surface area contributed by atoms with Crippen molar-refractivity contribution in [2.45, 2.75) is 79.7 Å². The standard InChI is InChI=1S/C26H39N5/c1-20(2)10-7-11-21(3)12-8-13-22(4)14-9-15-23(5)16-17-31-19-29-26-24(31)25(27)28-18-30(26)6/h10,12,14,16,18-19,27H,7-9,11,13,15,17H2,1-6H3/b21-12+,22-14+,23-16+,27-25?. The first-order chi connectivity index (χ1) is 14.8. The highest BCUT2D eigenvalue weighted by Gasteiger charge is 2.06. The molecule has 0 aliphatic rings. The molecule has 2 heterocycles. The Bertz CT molecular complexity index is 1040. The van der Waals surface area contributed by atoms with Crippen LogP contribution in [-0.4, -0.2) is 19.1 Å². The van der Waals surface area contributed by atoms with Crippen molar-refractivity contribution in [3.8, 4) is 0 Å². The Labute approximate surface area is 187 Å². The first kappa shape index (κ1) is 24.6. The predicted molar refractivity (Wildman–Crippen MR) is 131 cm³/mol. The Morgan fingerprint density at radius 3 is 1.94 bits per heavy atom. The Morgan fingerprint density at radius 2 is 1.35 bits per heavy atom. The van der Waals surface area contributed by atoms with Gasteiger partial charge in [-0.15, -0.1) is 0 Å². The average molecular weight is 422 g/mol. The highest BCUT2D eigenvalue weighted by molar-refractivity contribution is 5.69. The molecule has 0 bridgehead atoms. The molecule has 0 aliphatic heterocycles. The number of nitrogens with zero attached hydrogens (tertiary/aromatic N) is 4. The van der Waals surface area contributed by atoms with E-state index in [-0.39, 0.29) is 5.49 Å². The zero-order chi connectivity index (χ0) is 22.8. The zero-order valence-electron chi connectivity index (χ0n) is 20.2. The summed E-state index contributed by atoms with van der Waals surface area (Å²) in [5, 5.41) is 8.07. The minimum Gasteiger partial charge on any atom is -0.322 e. The molecule has 31 heavy (non-hydrogen) atoms. The molecule has 2 aromatic heterocycles. The Balaban J connectivity index is 1.79. The molecule has 0 aromatic carbocycles. The first-order valence-corrected chi connectivity index (χ1v) is 11.3. The average Bonchev–Trinajstić information content (AvgIpc) is 3.14. The van der Waals surface area contributed by atoms with Crippen LogP contribution in [0.25, 0.3) is 11.2 Å².